The van der Waals surface area contributed by atoms with Crippen LogP contribution in [0.4, 0.5) is 0 Å². The Morgan fingerprint density at radius 3 is 3.20 bits per heavy atom. The Kier molecular flexibility index (Phi) is 2.73. The van der Waals surface area contributed by atoms with E-state index >= 15 is 0 Å². The lowest BCUT2D eigenvalue weighted by molar-refractivity contribution is 0.0909. The van der Waals surface area contributed by atoms with E-state index in [4.69, 9.17) is 0 Å². The number of amides is 1. The Bertz CT molecular complexity index is 638. The van der Waals surface area contributed by atoms with Crippen LogP contribution in [0.5, 0.6) is 0 Å². The number of rotatable bonds is 2. The molecule has 2 saturated heterocycles. The first-order chi connectivity index (χ1) is 9.78. The molecule has 2 aromatic heterocycles. The van der Waals surface area contributed by atoms with E-state index in [9.17, 15) is 4.79 Å². The van der Waals surface area contributed by atoms with E-state index in [0.29, 0.717) is 11.6 Å². The molecule has 5 heteroatoms. The minimum Gasteiger partial charge on any atom is -0.348 e. The van der Waals surface area contributed by atoms with Crippen LogP contribution in [0.2, 0.25) is 0 Å². The third kappa shape index (κ3) is 2.08. The van der Waals surface area contributed by atoms with E-state index in [1.165, 1.54) is 19.5 Å². The Balaban J connectivity index is 1.49. The zero-order valence-electron chi connectivity index (χ0n) is 11.3. The van der Waals surface area contributed by atoms with E-state index < -0.39 is 0 Å². The summed E-state index contributed by atoms with van der Waals surface area (Å²) in [6.45, 7) is 3.40. The van der Waals surface area contributed by atoms with Crippen LogP contribution in [0.15, 0.2) is 30.7 Å². The fourth-order valence-electron chi connectivity index (χ4n) is 3.48. The van der Waals surface area contributed by atoms with Gasteiger partial charge in [-0.3, -0.25) is 4.79 Å². The number of pyridine rings is 1. The van der Waals surface area contributed by atoms with Crippen LogP contribution >= 0.6 is 0 Å². The highest BCUT2D eigenvalue weighted by Gasteiger charge is 2.32. The summed E-state index contributed by atoms with van der Waals surface area (Å²) < 4.78 is 1.91. The van der Waals surface area contributed by atoms with Crippen molar-refractivity contribution in [3.63, 3.8) is 0 Å². The molecule has 1 N–H and O–H groups in total. The normalized spacial score (nSPS) is 28.7. The number of aromatic nitrogens is 2. The highest BCUT2D eigenvalue weighted by Crippen LogP contribution is 2.26. The van der Waals surface area contributed by atoms with Crippen molar-refractivity contribution in [1.29, 1.82) is 0 Å². The van der Waals surface area contributed by atoms with Crippen LogP contribution in [-0.2, 0) is 0 Å². The molecule has 1 amide bonds. The van der Waals surface area contributed by atoms with Gasteiger partial charge in [-0.25, -0.2) is 4.98 Å². The first-order valence-corrected chi connectivity index (χ1v) is 7.24. The molecule has 2 aliphatic heterocycles. The van der Waals surface area contributed by atoms with Gasteiger partial charge in [0.2, 0.25) is 0 Å². The molecule has 2 fully saturated rings. The first kappa shape index (κ1) is 11.9. The fraction of sp³-hybridized carbons (Fsp3) is 0.467. The minimum absolute atomic E-state index is 0.0167. The quantitative estimate of drug-likeness (QED) is 0.891. The number of hydrogen-bond donors (Lipinski definition) is 1. The lowest BCUT2D eigenvalue weighted by Crippen LogP contribution is -2.47. The Hall–Kier alpha value is -1.88. The van der Waals surface area contributed by atoms with Crippen molar-refractivity contribution in [2.45, 2.75) is 18.9 Å². The third-order valence-electron chi connectivity index (χ3n) is 4.46. The van der Waals surface area contributed by atoms with Gasteiger partial charge in [-0.15, -0.1) is 0 Å². The molecule has 104 valence electrons. The summed E-state index contributed by atoms with van der Waals surface area (Å²) >= 11 is 0. The predicted octanol–water partition coefficient (Wildman–Crippen LogP) is 1.16. The molecule has 5 nitrogen and oxygen atoms in total. The lowest BCUT2D eigenvalue weighted by Gasteiger charge is -2.30. The Labute approximate surface area is 117 Å². The first-order valence-electron chi connectivity index (χ1n) is 7.24. The van der Waals surface area contributed by atoms with Gasteiger partial charge in [0, 0.05) is 43.3 Å². The number of fused-ring (bicyclic) bond motifs is 3. The summed E-state index contributed by atoms with van der Waals surface area (Å²) in [7, 11) is 0. The van der Waals surface area contributed by atoms with Crippen LogP contribution in [0, 0.1) is 5.92 Å². The van der Waals surface area contributed by atoms with E-state index in [-0.39, 0.29) is 5.91 Å². The number of piperidine rings is 1. The Morgan fingerprint density at radius 2 is 2.30 bits per heavy atom. The number of carbonyl (C=O) groups excluding carboxylic acids is 1. The average molecular weight is 270 g/mol. The van der Waals surface area contributed by atoms with Crippen molar-refractivity contribution >= 4 is 11.6 Å². The second kappa shape index (κ2) is 4.59. The Morgan fingerprint density at radius 1 is 1.35 bits per heavy atom. The summed E-state index contributed by atoms with van der Waals surface area (Å²) in [6, 6.07) is 3.98. The maximum absolute atomic E-state index is 12.3. The van der Waals surface area contributed by atoms with Crippen LogP contribution in [0.25, 0.3) is 5.65 Å². The van der Waals surface area contributed by atoms with Gasteiger partial charge in [-0.1, -0.05) is 0 Å². The molecule has 0 saturated carbocycles. The second-order valence-corrected chi connectivity index (χ2v) is 5.93. The summed E-state index contributed by atoms with van der Waals surface area (Å²) in [6.07, 6.45) is 7.90. The van der Waals surface area contributed by atoms with E-state index in [0.717, 1.165) is 24.5 Å². The second-order valence-electron chi connectivity index (χ2n) is 5.93. The highest BCUT2D eigenvalue weighted by molar-refractivity contribution is 5.95. The van der Waals surface area contributed by atoms with Gasteiger partial charge >= 0.3 is 0 Å². The molecule has 3 atom stereocenters. The predicted molar refractivity (Wildman–Crippen MR) is 75.6 cm³/mol. The molecule has 3 unspecified atom stereocenters. The van der Waals surface area contributed by atoms with Crippen molar-refractivity contribution in [1.82, 2.24) is 19.6 Å². The maximum atomic E-state index is 12.3. The molecule has 2 aromatic rings. The highest BCUT2D eigenvalue weighted by atomic mass is 16.1. The van der Waals surface area contributed by atoms with Crippen molar-refractivity contribution < 1.29 is 4.79 Å². The molecule has 2 aliphatic rings. The summed E-state index contributed by atoms with van der Waals surface area (Å²) in [5.74, 6) is 0.784. The zero-order chi connectivity index (χ0) is 13.5. The van der Waals surface area contributed by atoms with E-state index in [2.05, 4.69) is 15.2 Å². The molecule has 0 radical (unpaired) electrons. The van der Waals surface area contributed by atoms with Crippen LogP contribution in [-0.4, -0.2) is 45.9 Å². The van der Waals surface area contributed by atoms with Gasteiger partial charge < -0.3 is 14.6 Å². The standard InChI is InChI=1S/C15H18N4O/c20-15(12-2-5-19-6-3-16-14(19)8-12)17-13-7-11-1-4-18(9-11)10-13/h2-3,5-6,8,11,13H,1,4,7,9-10H2,(H,17,20). The van der Waals surface area contributed by atoms with Crippen LogP contribution in [0.3, 0.4) is 0 Å². The monoisotopic (exact) mass is 270 g/mol. The van der Waals surface area contributed by atoms with Crippen molar-refractivity contribution in [3.05, 3.63) is 36.3 Å². The molecular weight excluding hydrogens is 252 g/mol. The lowest BCUT2D eigenvalue weighted by atomic mass is 9.96. The van der Waals surface area contributed by atoms with Gasteiger partial charge in [-0.2, -0.15) is 0 Å². The molecular formula is C15H18N4O. The molecule has 2 bridgehead atoms. The molecule has 20 heavy (non-hydrogen) atoms. The topological polar surface area (TPSA) is 49.6 Å². The van der Waals surface area contributed by atoms with E-state index in [1.807, 2.05) is 28.9 Å². The van der Waals surface area contributed by atoms with Gasteiger partial charge in [0.15, 0.2) is 0 Å². The number of nitrogens with one attached hydrogen (secondary N) is 1. The molecule has 0 aliphatic carbocycles. The molecule has 4 rings (SSSR count). The van der Waals surface area contributed by atoms with Crippen LogP contribution < -0.4 is 5.32 Å². The van der Waals surface area contributed by atoms with Crippen molar-refractivity contribution in [2.75, 3.05) is 19.6 Å². The van der Waals surface area contributed by atoms with Gasteiger partial charge in [0.1, 0.15) is 5.65 Å². The largest absolute Gasteiger partial charge is 0.348 e. The smallest absolute Gasteiger partial charge is 0.251 e. The molecule has 4 heterocycles. The van der Waals surface area contributed by atoms with Crippen LogP contribution in [0.1, 0.15) is 23.2 Å². The average Bonchev–Trinajstić information content (AvgIpc) is 3.04. The number of hydrogen-bond acceptors (Lipinski definition) is 3. The SMILES string of the molecule is O=C(NC1CC2CCN(C2)C1)c1ccn2ccnc2c1. The minimum atomic E-state index is 0.0167. The van der Waals surface area contributed by atoms with Gasteiger partial charge in [0.05, 0.1) is 0 Å². The van der Waals surface area contributed by atoms with Gasteiger partial charge in [0.25, 0.3) is 5.91 Å². The maximum Gasteiger partial charge on any atom is 0.251 e. The summed E-state index contributed by atoms with van der Waals surface area (Å²) in [5.41, 5.74) is 1.50. The number of nitrogens with zero attached hydrogens (tertiary/aromatic N) is 3. The van der Waals surface area contributed by atoms with Gasteiger partial charge in [-0.05, 0) is 37.4 Å². The number of imidazole rings is 1. The number of carbonyl (C=O) groups is 1. The summed E-state index contributed by atoms with van der Waals surface area (Å²) in [5, 5.41) is 3.18. The zero-order valence-corrected chi connectivity index (χ0v) is 11.3. The molecule has 0 spiro atoms. The third-order valence-corrected chi connectivity index (χ3v) is 4.46. The van der Waals surface area contributed by atoms with E-state index in [1.54, 1.807) is 6.20 Å². The van der Waals surface area contributed by atoms with Crippen molar-refractivity contribution in [3.8, 4) is 0 Å². The molecule has 0 aromatic carbocycles. The van der Waals surface area contributed by atoms with Crippen molar-refractivity contribution in [2.24, 2.45) is 5.92 Å². The fourth-order valence-corrected chi connectivity index (χ4v) is 3.48. The summed E-state index contributed by atoms with van der Waals surface area (Å²) in [4.78, 5) is 19.0.